The largest absolute Gasteiger partial charge is 0.330 e. The second-order valence-electron chi connectivity index (χ2n) is 4.27. The first-order valence-corrected chi connectivity index (χ1v) is 6.14. The number of nitrogens with zero attached hydrogens (tertiary/aromatic N) is 2. The van der Waals surface area contributed by atoms with Crippen molar-refractivity contribution in [2.24, 2.45) is 5.73 Å². The van der Waals surface area contributed by atoms with Crippen LogP contribution in [0.15, 0.2) is 30.5 Å². The number of hydrogen-bond donors (Lipinski definition) is 1. The molecule has 0 saturated carbocycles. The van der Waals surface area contributed by atoms with E-state index >= 15 is 0 Å². The molecule has 2 rings (SSSR count). The van der Waals surface area contributed by atoms with Gasteiger partial charge < -0.3 is 5.73 Å². The predicted molar refractivity (Wildman–Crippen MR) is 69.5 cm³/mol. The Labute approximate surface area is 110 Å². The third kappa shape index (κ3) is 2.93. The lowest BCUT2D eigenvalue weighted by molar-refractivity contribution is 0.584. The summed E-state index contributed by atoms with van der Waals surface area (Å²) in [5.74, 6) is -0.607. The van der Waals surface area contributed by atoms with Crippen molar-refractivity contribution in [2.45, 2.75) is 19.3 Å². The third-order valence-corrected chi connectivity index (χ3v) is 3.02. The Balaban J connectivity index is 2.43. The highest BCUT2D eigenvalue weighted by molar-refractivity contribution is 5.59. The molecule has 0 radical (unpaired) electrons. The van der Waals surface area contributed by atoms with E-state index in [1.165, 1.54) is 12.1 Å². The second-order valence-corrected chi connectivity index (χ2v) is 4.27. The summed E-state index contributed by atoms with van der Waals surface area (Å²) in [5, 5.41) is 0. The first-order chi connectivity index (χ1) is 9.15. The molecular formula is C14H15F2N3. The molecule has 0 aliphatic carbocycles. The number of benzene rings is 1. The van der Waals surface area contributed by atoms with Gasteiger partial charge in [0.25, 0.3) is 0 Å². The maximum Gasteiger partial charge on any atom is 0.135 e. The van der Waals surface area contributed by atoms with Crippen molar-refractivity contribution >= 4 is 0 Å². The van der Waals surface area contributed by atoms with Crippen LogP contribution in [-0.4, -0.2) is 16.5 Å². The topological polar surface area (TPSA) is 51.8 Å². The molecule has 5 heteroatoms. The molecule has 0 spiro atoms. The van der Waals surface area contributed by atoms with Crippen LogP contribution in [0.25, 0.3) is 11.3 Å². The van der Waals surface area contributed by atoms with Gasteiger partial charge in [-0.25, -0.2) is 18.7 Å². The zero-order valence-corrected chi connectivity index (χ0v) is 10.6. The van der Waals surface area contributed by atoms with E-state index in [0.717, 1.165) is 12.5 Å². The van der Waals surface area contributed by atoms with Crippen LogP contribution in [0.3, 0.4) is 0 Å². The Morgan fingerprint density at radius 3 is 2.68 bits per heavy atom. The van der Waals surface area contributed by atoms with Gasteiger partial charge in [0.1, 0.15) is 17.5 Å². The smallest absolute Gasteiger partial charge is 0.135 e. The maximum atomic E-state index is 13.7. The van der Waals surface area contributed by atoms with E-state index in [1.807, 2.05) is 6.92 Å². The van der Waals surface area contributed by atoms with E-state index < -0.39 is 11.6 Å². The van der Waals surface area contributed by atoms with Gasteiger partial charge in [-0.05, 0) is 24.6 Å². The molecule has 1 heterocycles. The molecule has 1 aromatic heterocycles. The van der Waals surface area contributed by atoms with Gasteiger partial charge in [0.2, 0.25) is 0 Å². The van der Waals surface area contributed by atoms with Gasteiger partial charge >= 0.3 is 0 Å². The van der Waals surface area contributed by atoms with Crippen LogP contribution in [0.2, 0.25) is 0 Å². The lowest BCUT2D eigenvalue weighted by atomic mass is 10.1. The van der Waals surface area contributed by atoms with Gasteiger partial charge in [-0.15, -0.1) is 0 Å². The molecule has 0 aliphatic heterocycles. The highest BCUT2D eigenvalue weighted by atomic mass is 19.1. The van der Waals surface area contributed by atoms with Crippen molar-refractivity contribution in [2.75, 3.05) is 6.54 Å². The molecule has 19 heavy (non-hydrogen) atoms. The molecule has 100 valence electrons. The molecule has 0 bridgehead atoms. The highest BCUT2D eigenvalue weighted by Gasteiger charge is 2.13. The lowest BCUT2D eigenvalue weighted by Gasteiger charge is -2.11. The average Bonchev–Trinajstić information content (AvgIpc) is 2.40. The summed E-state index contributed by atoms with van der Waals surface area (Å²) in [6.07, 6.45) is 2.38. The quantitative estimate of drug-likeness (QED) is 0.922. The Hall–Kier alpha value is -1.88. The summed E-state index contributed by atoms with van der Waals surface area (Å²) in [4.78, 5) is 8.49. The molecule has 3 nitrogen and oxygen atoms in total. The average molecular weight is 263 g/mol. The fourth-order valence-corrected chi connectivity index (χ4v) is 1.87. The molecule has 1 atom stereocenters. The van der Waals surface area contributed by atoms with Crippen LogP contribution in [0.4, 0.5) is 8.78 Å². The molecule has 2 N–H and O–H groups in total. The number of hydrogen-bond acceptors (Lipinski definition) is 3. The minimum absolute atomic E-state index is 0.0449. The van der Waals surface area contributed by atoms with Gasteiger partial charge in [-0.3, -0.25) is 0 Å². The fraction of sp³-hybridized carbons (Fsp3) is 0.286. The van der Waals surface area contributed by atoms with E-state index in [4.69, 9.17) is 5.73 Å². The van der Waals surface area contributed by atoms with Gasteiger partial charge in [0.05, 0.1) is 5.69 Å². The molecule has 0 aliphatic rings. The number of halogens is 2. The number of rotatable bonds is 4. The monoisotopic (exact) mass is 263 g/mol. The Morgan fingerprint density at radius 2 is 2.05 bits per heavy atom. The van der Waals surface area contributed by atoms with Crippen molar-refractivity contribution in [1.29, 1.82) is 0 Å². The molecule has 0 fully saturated rings. The van der Waals surface area contributed by atoms with E-state index in [9.17, 15) is 8.78 Å². The van der Waals surface area contributed by atoms with Gasteiger partial charge in [-0.1, -0.05) is 6.92 Å². The van der Waals surface area contributed by atoms with Crippen molar-refractivity contribution in [3.8, 4) is 11.3 Å². The molecule has 1 unspecified atom stereocenters. The molecule has 0 saturated heterocycles. The van der Waals surface area contributed by atoms with Gasteiger partial charge in [0, 0.05) is 30.3 Å². The minimum atomic E-state index is -0.634. The normalized spacial score (nSPS) is 12.4. The molecule has 2 aromatic rings. The van der Waals surface area contributed by atoms with Crippen molar-refractivity contribution in [3.63, 3.8) is 0 Å². The van der Waals surface area contributed by atoms with Crippen molar-refractivity contribution in [1.82, 2.24) is 9.97 Å². The summed E-state index contributed by atoms with van der Waals surface area (Å²) in [6.45, 7) is 2.43. The second kappa shape index (κ2) is 5.84. The van der Waals surface area contributed by atoms with E-state index in [-0.39, 0.29) is 11.5 Å². The highest BCUT2D eigenvalue weighted by Crippen LogP contribution is 2.23. The number of aromatic nitrogens is 2. The minimum Gasteiger partial charge on any atom is -0.330 e. The molecule has 0 amide bonds. The zero-order chi connectivity index (χ0) is 13.8. The number of nitrogens with two attached hydrogens (primary N) is 1. The van der Waals surface area contributed by atoms with Crippen LogP contribution in [0.1, 0.15) is 25.1 Å². The molecule has 1 aromatic carbocycles. The van der Waals surface area contributed by atoms with E-state index in [1.54, 1.807) is 12.3 Å². The van der Waals surface area contributed by atoms with Crippen molar-refractivity contribution < 1.29 is 8.78 Å². The van der Waals surface area contributed by atoms with Gasteiger partial charge in [-0.2, -0.15) is 0 Å². The Bertz CT molecular complexity index is 568. The van der Waals surface area contributed by atoms with Crippen LogP contribution >= 0.6 is 0 Å². The fourth-order valence-electron chi connectivity index (χ4n) is 1.87. The first kappa shape index (κ1) is 13.5. The Kier molecular flexibility index (Phi) is 4.16. The van der Waals surface area contributed by atoms with E-state index in [2.05, 4.69) is 9.97 Å². The van der Waals surface area contributed by atoms with Crippen LogP contribution in [-0.2, 0) is 0 Å². The molecular weight excluding hydrogens is 248 g/mol. The van der Waals surface area contributed by atoms with Crippen molar-refractivity contribution in [3.05, 3.63) is 47.9 Å². The maximum absolute atomic E-state index is 13.7. The summed E-state index contributed by atoms with van der Waals surface area (Å²) in [6, 6.07) is 5.03. The summed E-state index contributed by atoms with van der Waals surface area (Å²) in [7, 11) is 0. The first-order valence-electron chi connectivity index (χ1n) is 6.14. The van der Waals surface area contributed by atoms with Gasteiger partial charge in [0.15, 0.2) is 0 Å². The zero-order valence-electron chi connectivity index (χ0n) is 10.6. The van der Waals surface area contributed by atoms with Crippen LogP contribution in [0, 0.1) is 11.6 Å². The lowest BCUT2D eigenvalue weighted by Crippen LogP contribution is -2.14. The summed E-state index contributed by atoms with van der Waals surface area (Å²) < 4.78 is 26.6. The van der Waals surface area contributed by atoms with Crippen LogP contribution in [0.5, 0.6) is 0 Å². The predicted octanol–water partition coefficient (Wildman–Crippen LogP) is 2.87. The Morgan fingerprint density at radius 1 is 1.26 bits per heavy atom. The summed E-state index contributed by atoms with van der Waals surface area (Å²) >= 11 is 0. The standard InChI is InChI=1S/C14H15F2N3/c1-2-9(8-17)14-18-6-5-13(19-14)11-4-3-10(15)7-12(11)16/h3-7,9H,2,8,17H2,1H3. The SMILES string of the molecule is CCC(CN)c1nccc(-c2ccc(F)cc2F)n1. The third-order valence-electron chi connectivity index (χ3n) is 3.02. The van der Waals surface area contributed by atoms with Crippen LogP contribution < -0.4 is 5.73 Å². The van der Waals surface area contributed by atoms with E-state index in [0.29, 0.717) is 18.1 Å². The summed E-state index contributed by atoms with van der Waals surface area (Å²) in [5.41, 5.74) is 6.35.